The molecule has 0 radical (unpaired) electrons. The molecule has 0 heterocycles. The minimum absolute atomic E-state index is 0.177. The van der Waals surface area contributed by atoms with Crippen LogP contribution in [-0.4, -0.2) is 38.2 Å². The second-order valence-corrected chi connectivity index (χ2v) is 7.34. The summed E-state index contributed by atoms with van der Waals surface area (Å²) < 4.78 is 15.7. The summed E-state index contributed by atoms with van der Waals surface area (Å²) >= 11 is 6.20. The highest BCUT2D eigenvalue weighted by atomic mass is 35.5. The Labute approximate surface area is 171 Å². The molecule has 7 heteroatoms. The zero-order valence-electron chi connectivity index (χ0n) is 16.6. The number of nitrogens with one attached hydrogen (secondary N) is 1. The van der Waals surface area contributed by atoms with E-state index in [0.717, 1.165) is 25.7 Å². The maximum Gasteiger partial charge on any atom is 0.331 e. The first-order valence-corrected chi connectivity index (χ1v) is 9.95. The van der Waals surface area contributed by atoms with Gasteiger partial charge in [0.25, 0.3) is 5.91 Å². The molecular formula is C21H28ClNO5. The second kappa shape index (κ2) is 11.0. The van der Waals surface area contributed by atoms with Crippen LogP contribution < -0.4 is 14.8 Å². The van der Waals surface area contributed by atoms with E-state index in [1.54, 1.807) is 18.2 Å². The Morgan fingerprint density at radius 3 is 2.61 bits per heavy atom. The highest BCUT2D eigenvalue weighted by Crippen LogP contribution is 2.36. The van der Waals surface area contributed by atoms with Crippen LogP contribution in [0.5, 0.6) is 11.5 Å². The second-order valence-electron chi connectivity index (χ2n) is 6.93. The normalized spacial score (nSPS) is 19.3. The first-order valence-electron chi connectivity index (χ1n) is 9.57. The van der Waals surface area contributed by atoms with E-state index in [-0.39, 0.29) is 18.6 Å². The molecule has 0 unspecified atom stereocenters. The van der Waals surface area contributed by atoms with Crippen LogP contribution in [0, 0.1) is 5.92 Å². The van der Waals surface area contributed by atoms with Gasteiger partial charge in [-0.2, -0.15) is 0 Å². The Bertz CT molecular complexity index is 711. The van der Waals surface area contributed by atoms with E-state index in [1.807, 2.05) is 6.92 Å². The summed E-state index contributed by atoms with van der Waals surface area (Å²) in [6.07, 6.45) is 6.97. The van der Waals surface area contributed by atoms with E-state index in [1.165, 1.54) is 13.2 Å². The third kappa shape index (κ3) is 6.75. The average molecular weight is 410 g/mol. The Morgan fingerprint density at radius 1 is 1.25 bits per heavy atom. The van der Waals surface area contributed by atoms with Gasteiger partial charge in [-0.25, -0.2) is 4.79 Å². The van der Waals surface area contributed by atoms with Crippen LogP contribution >= 0.6 is 11.6 Å². The maximum atomic E-state index is 11.9. The van der Waals surface area contributed by atoms with Crippen molar-refractivity contribution in [1.82, 2.24) is 5.32 Å². The van der Waals surface area contributed by atoms with Crippen LogP contribution in [0.1, 0.15) is 45.1 Å². The lowest BCUT2D eigenvalue weighted by atomic mass is 9.87. The molecule has 154 valence electrons. The highest BCUT2D eigenvalue weighted by Gasteiger charge is 2.20. The molecule has 0 aromatic heterocycles. The molecule has 0 aliphatic heterocycles. The van der Waals surface area contributed by atoms with Crippen molar-refractivity contribution in [3.8, 4) is 11.5 Å². The van der Waals surface area contributed by atoms with Gasteiger partial charge in [-0.3, -0.25) is 4.79 Å². The zero-order valence-corrected chi connectivity index (χ0v) is 17.4. The summed E-state index contributed by atoms with van der Waals surface area (Å²) in [5.74, 6) is 0.776. The van der Waals surface area contributed by atoms with Crippen LogP contribution in [0.2, 0.25) is 5.02 Å². The first kappa shape index (κ1) is 22.1. The zero-order chi connectivity index (χ0) is 20.5. The van der Waals surface area contributed by atoms with Gasteiger partial charge in [0.05, 0.1) is 18.7 Å². The topological polar surface area (TPSA) is 73.9 Å². The van der Waals surface area contributed by atoms with E-state index in [0.29, 0.717) is 34.6 Å². The Balaban J connectivity index is 1.84. The van der Waals surface area contributed by atoms with E-state index < -0.39 is 5.97 Å². The molecule has 1 amide bonds. The number of hydrogen-bond acceptors (Lipinski definition) is 5. The van der Waals surface area contributed by atoms with Crippen molar-refractivity contribution in [1.29, 1.82) is 0 Å². The van der Waals surface area contributed by atoms with Gasteiger partial charge in [-0.15, -0.1) is 0 Å². The first-order chi connectivity index (χ1) is 13.4. The van der Waals surface area contributed by atoms with Crippen LogP contribution in [0.3, 0.4) is 0 Å². The summed E-state index contributed by atoms with van der Waals surface area (Å²) in [6.45, 7) is 4.24. The third-order valence-electron chi connectivity index (χ3n) is 4.68. The van der Waals surface area contributed by atoms with Crippen LogP contribution in [0.15, 0.2) is 18.2 Å². The largest absolute Gasteiger partial charge is 0.493 e. The molecule has 1 aliphatic rings. The van der Waals surface area contributed by atoms with Crippen molar-refractivity contribution in [2.75, 3.05) is 20.3 Å². The average Bonchev–Trinajstić information content (AvgIpc) is 2.68. The van der Waals surface area contributed by atoms with Crippen molar-refractivity contribution in [3.63, 3.8) is 0 Å². The smallest absolute Gasteiger partial charge is 0.331 e. The number of amides is 1. The van der Waals surface area contributed by atoms with Gasteiger partial charge in [0.2, 0.25) is 0 Å². The number of methoxy groups -OCH3 is 1. The lowest BCUT2D eigenvalue weighted by Crippen LogP contribution is -2.39. The number of ether oxygens (including phenoxy) is 3. The van der Waals surface area contributed by atoms with E-state index in [9.17, 15) is 9.59 Å². The van der Waals surface area contributed by atoms with E-state index >= 15 is 0 Å². The SMILES string of the molecule is CCOc1c(Cl)cc(/C=C/C(=O)OCC(=O)NC2CCC(C)CC2)cc1OC. The fourth-order valence-electron chi connectivity index (χ4n) is 3.14. The number of rotatable bonds is 8. The lowest BCUT2D eigenvalue weighted by molar-refractivity contribution is -0.144. The maximum absolute atomic E-state index is 11.9. The number of carbonyl (C=O) groups excluding carboxylic acids is 2. The van der Waals surface area contributed by atoms with Crippen molar-refractivity contribution in [2.24, 2.45) is 5.92 Å². The molecule has 6 nitrogen and oxygen atoms in total. The summed E-state index contributed by atoms with van der Waals surface area (Å²) in [5, 5.41) is 3.31. The fraction of sp³-hybridized carbons (Fsp3) is 0.524. The molecule has 1 N–H and O–H groups in total. The van der Waals surface area contributed by atoms with Gasteiger partial charge in [0.1, 0.15) is 0 Å². The van der Waals surface area contributed by atoms with Crippen molar-refractivity contribution >= 4 is 29.6 Å². The minimum atomic E-state index is -0.601. The Hall–Kier alpha value is -2.21. The molecule has 1 fully saturated rings. The van der Waals surface area contributed by atoms with Crippen LogP contribution in [-0.2, 0) is 14.3 Å². The van der Waals surface area contributed by atoms with Gasteiger partial charge >= 0.3 is 5.97 Å². The monoisotopic (exact) mass is 409 g/mol. The lowest BCUT2D eigenvalue weighted by Gasteiger charge is -2.26. The summed E-state index contributed by atoms with van der Waals surface area (Å²) in [5.41, 5.74) is 0.656. The molecule has 0 bridgehead atoms. The van der Waals surface area contributed by atoms with Crippen LogP contribution in [0.4, 0.5) is 0 Å². The highest BCUT2D eigenvalue weighted by molar-refractivity contribution is 6.32. The summed E-state index contributed by atoms with van der Waals surface area (Å²) in [6, 6.07) is 3.55. The van der Waals surface area contributed by atoms with Gasteiger partial charge in [0.15, 0.2) is 18.1 Å². The molecule has 0 saturated heterocycles. The fourth-order valence-corrected chi connectivity index (χ4v) is 3.42. The number of esters is 1. The Kier molecular flexibility index (Phi) is 8.64. The van der Waals surface area contributed by atoms with Crippen molar-refractivity contribution in [3.05, 3.63) is 28.8 Å². The summed E-state index contributed by atoms with van der Waals surface area (Å²) in [4.78, 5) is 23.8. The van der Waals surface area contributed by atoms with Crippen molar-refractivity contribution in [2.45, 2.75) is 45.6 Å². The van der Waals surface area contributed by atoms with E-state index in [4.69, 9.17) is 25.8 Å². The molecular weight excluding hydrogens is 382 g/mol. The van der Waals surface area contributed by atoms with Crippen molar-refractivity contribution < 1.29 is 23.8 Å². The van der Waals surface area contributed by atoms with Gasteiger partial charge < -0.3 is 19.5 Å². The molecule has 0 atom stereocenters. The standard InChI is InChI=1S/C21H28ClNO5/c1-4-27-21-17(22)11-15(12-18(21)26-3)7-10-20(25)28-13-19(24)23-16-8-5-14(2)6-9-16/h7,10-12,14,16H,4-6,8-9,13H2,1-3H3,(H,23,24)/b10-7+. The molecule has 1 saturated carbocycles. The minimum Gasteiger partial charge on any atom is -0.493 e. The molecule has 28 heavy (non-hydrogen) atoms. The van der Waals surface area contributed by atoms with Gasteiger partial charge in [-0.1, -0.05) is 18.5 Å². The van der Waals surface area contributed by atoms with E-state index in [2.05, 4.69) is 12.2 Å². The van der Waals surface area contributed by atoms with Gasteiger partial charge in [-0.05, 0) is 62.3 Å². The number of carbonyl (C=O) groups is 2. The third-order valence-corrected chi connectivity index (χ3v) is 4.96. The molecule has 2 rings (SSSR count). The molecule has 1 aliphatic carbocycles. The number of halogens is 1. The molecule has 0 spiro atoms. The molecule has 1 aromatic carbocycles. The molecule has 1 aromatic rings. The Morgan fingerprint density at radius 2 is 1.96 bits per heavy atom. The summed E-state index contributed by atoms with van der Waals surface area (Å²) in [7, 11) is 1.52. The number of hydrogen-bond donors (Lipinski definition) is 1. The predicted molar refractivity (Wildman–Crippen MR) is 109 cm³/mol. The quantitative estimate of drug-likeness (QED) is 0.519. The number of benzene rings is 1. The van der Waals surface area contributed by atoms with Gasteiger partial charge in [0, 0.05) is 12.1 Å². The predicted octanol–water partition coefficient (Wildman–Crippen LogP) is 4.00. The van der Waals surface area contributed by atoms with Crippen LogP contribution in [0.25, 0.3) is 6.08 Å².